The van der Waals surface area contributed by atoms with Crippen molar-refractivity contribution in [3.8, 4) is 0 Å². The molecule has 2 atom stereocenters. The van der Waals surface area contributed by atoms with Crippen LogP contribution < -0.4 is 5.32 Å². The second-order valence-electron chi connectivity index (χ2n) is 6.04. The first-order chi connectivity index (χ1) is 11.2. The molecular weight excluding hydrogens is 327 g/mol. The van der Waals surface area contributed by atoms with Crippen molar-refractivity contribution in [1.29, 1.82) is 0 Å². The summed E-state index contributed by atoms with van der Waals surface area (Å²) in [6.07, 6.45) is -3.19. The van der Waals surface area contributed by atoms with Crippen molar-refractivity contribution in [3.05, 3.63) is 17.0 Å². The van der Waals surface area contributed by atoms with Crippen molar-refractivity contribution >= 4 is 5.91 Å². The fourth-order valence-corrected chi connectivity index (χ4v) is 2.83. The average Bonchev–Trinajstić information content (AvgIpc) is 3.04. The number of aryl methyl sites for hydroxylation is 1. The maximum atomic E-state index is 12.5. The Bertz CT molecular complexity index is 586. The first kappa shape index (κ1) is 18.7. The molecule has 2 N–H and O–H groups in total. The van der Waals surface area contributed by atoms with E-state index >= 15 is 0 Å². The van der Waals surface area contributed by atoms with E-state index in [2.05, 4.69) is 10.4 Å². The first-order valence-electron chi connectivity index (χ1n) is 7.82. The largest absolute Gasteiger partial charge is 0.408 e. The first-order valence-corrected chi connectivity index (χ1v) is 7.82. The summed E-state index contributed by atoms with van der Waals surface area (Å²) < 4.78 is 43.9. The van der Waals surface area contributed by atoms with Gasteiger partial charge in [-0.2, -0.15) is 18.3 Å². The minimum atomic E-state index is -4.36. The van der Waals surface area contributed by atoms with Crippen molar-refractivity contribution in [3.63, 3.8) is 0 Å². The van der Waals surface area contributed by atoms with E-state index in [0.717, 1.165) is 17.5 Å². The predicted molar refractivity (Wildman–Crippen MR) is 79.5 cm³/mol. The van der Waals surface area contributed by atoms with Crippen molar-refractivity contribution in [2.24, 2.45) is 0 Å². The SMILES string of the molecule is Cc1nn(CC(F)(F)F)c(C)c1CC(=O)NC[C@H]1CC[C@@H](CO)O1. The Kier molecular flexibility index (Phi) is 5.87. The number of aliphatic hydroxyl groups is 1. The molecule has 1 amide bonds. The van der Waals surface area contributed by atoms with E-state index in [1.54, 1.807) is 6.92 Å². The van der Waals surface area contributed by atoms with E-state index in [0.29, 0.717) is 23.5 Å². The lowest BCUT2D eigenvalue weighted by Gasteiger charge is -2.13. The second-order valence-corrected chi connectivity index (χ2v) is 6.04. The fourth-order valence-electron chi connectivity index (χ4n) is 2.83. The molecule has 9 heteroatoms. The average molecular weight is 349 g/mol. The minimum Gasteiger partial charge on any atom is -0.394 e. The van der Waals surface area contributed by atoms with Gasteiger partial charge in [0.25, 0.3) is 0 Å². The van der Waals surface area contributed by atoms with Gasteiger partial charge in [0.15, 0.2) is 0 Å². The van der Waals surface area contributed by atoms with Crippen LogP contribution in [0.25, 0.3) is 0 Å². The molecule has 2 rings (SSSR count). The lowest BCUT2D eigenvalue weighted by Crippen LogP contribution is -2.33. The summed E-state index contributed by atoms with van der Waals surface area (Å²) in [5.74, 6) is -0.288. The Morgan fingerprint density at radius 1 is 1.38 bits per heavy atom. The second kappa shape index (κ2) is 7.52. The van der Waals surface area contributed by atoms with Gasteiger partial charge >= 0.3 is 6.18 Å². The zero-order valence-corrected chi connectivity index (χ0v) is 13.7. The number of halogens is 3. The molecule has 24 heavy (non-hydrogen) atoms. The van der Waals surface area contributed by atoms with Crippen LogP contribution in [0.5, 0.6) is 0 Å². The Morgan fingerprint density at radius 3 is 2.62 bits per heavy atom. The number of nitrogens with zero attached hydrogens (tertiary/aromatic N) is 2. The van der Waals surface area contributed by atoms with Crippen LogP contribution in [0.15, 0.2) is 0 Å². The van der Waals surface area contributed by atoms with Crippen molar-refractivity contribution in [2.45, 2.75) is 58.0 Å². The molecule has 1 aliphatic rings. The number of hydrogen-bond donors (Lipinski definition) is 2. The number of ether oxygens (including phenoxy) is 1. The molecule has 2 heterocycles. The summed E-state index contributed by atoms with van der Waals surface area (Å²) in [4.78, 5) is 12.0. The summed E-state index contributed by atoms with van der Waals surface area (Å²) >= 11 is 0. The Morgan fingerprint density at radius 2 is 2.04 bits per heavy atom. The Hall–Kier alpha value is -1.61. The molecule has 0 unspecified atom stereocenters. The van der Waals surface area contributed by atoms with E-state index in [4.69, 9.17) is 9.84 Å². The third kappa shape index (κ3) is 4.94. The lowest BCUT2D eigenvalue weighted by molar-refractivity contribution is -0.143. The van der Waals surface area contributed by atoms with E-state index in [1.807, 2.05) is 0 Å². The van der Waals surface area contributed by atoms with E-state index in [9.17, 15) is 18.0 Å². The molecule has 0 aromatic carbocycles. The predicted octanol–water partition coefficient (Wildman–Crippen LogP) is 1.26. The molecule has 1 aromatic heterocycles. The number of rotatable bonds is 6. The van der Waals surface area contributed by atoms with Gasteiger partial charge in [-0.1, -0.05) is 0 Å². The molecule has 0 aliphatic carbocycles. The standard InChI is InChI=1S/C15H22F3N3O3/c1-9-13(10(2)21(20-9)8-15(16,17)18)5-14(23)19-6-11-3-4-12(7-22)24-11/h11-12,22H,3-8H2,1-2H3,(H,19,23)/t11-,12+/m1/s1. The van der Waals surface area contributed by atoms with Crippen LogP contribution in [0.3, 0.4) is 0 Å². The molecular formula is C15H22F3N3O3. The topological polar surface area (TPSA) is 76.4 Å². The number of hydrogen-bond acceptors (Lipinski definition) is 4. The quantitative estimate of drug-likeness (QED) is 0.811. The molecule has 0 spiro atoms. The van der Waals surface area contributed by atoms with E-state index in [-0.39, 0.29) is 31.1 Å². The van der Waals surface area contributed by atoms with Gasteiger partial charge in [-0.3, -0.25) is 9.48 Å². The van der Waals surface area contributed by atoms with Crippen LogP contribution in [0.4, 0.5) is 13.2 Å². The highest BCUT2D eigenvalue weighted by atomic mass is 19.4. The van der Waals surface area contributed by atoms with Gasteiger partial charge in [0.1, 0.15) is 6.54 Å². The highest BCUT2D eigenvalue weighted by Crippen LogP contribution is 2.22. The third-order valence-corrected chi connectivity index (χ3v) is 4.12. The molecule has 1 fully saturated rings. The number of amides is 1. The minimum absolute atomic E-state index is 0.0222. The number of alkyl halides is 3. The molecule has 6 nitrogen and oxygen atoms in total. The molecule has 1 aromatic rings. The Labute approximate surface area is 138 Å². The normalized spacial score (nSPS) is 21.2. The van der Waals surface area contributed by atoms with Crippen molar-refractivity contribution < 1.29 is 27.8 Å². The zero-order chi connectivity index (χ0) is 17.9. The van der Waals surface area contributed by atoms with Gasteiger partial charge in [-0.25, -0.2) is 0 Å². The number of aliphatic hydroxyl groups excluding tert-OH is 1. The van der Waals surface area contributed by atoms with Crippen molar-refractivity contribution in [1.82, 2.24) is 15.1 Å². The lowest BCUT2D eigenvalue weighted by atomic mass is 10.1. The highest BCUT2D eigenvalue weighted by Gasteiger charge is 2.30. The van der Waals surface area contributed by atoms with Gasteiger partial charge in [-0.05, 0) is 26.7 Å². The maximum Gasteiger partial charge on any atom is 0.408 e. The smallest absolute Gasteiger partial charge is 0.394 e. The van der Waals surface area contributed by atoms with E-state index < -0.39 is 12.7 Å². The fraction of sp³-hybridized carbons (Fsp3) is 0.733. The van der Waals surface area contributed by atoms with Crippen LogP contribution in [-0.2, 0) is 22.5 Å². The van der Waals surface area contributed by atoms with Gasteiger partial charge < -0.3 is 15.2 Å². The third-order valence-electron chi connectivity index (χ3n) is 4.12. The molecule has 136 valence electrons. The van der Waals surface area contributed by atoms with Crippen LogP contribution in [0, 0.1) is 13.8 Å². The molecule has 0 bridgehead atoms. The van der Waals surface area contributed by atoms with Crippen LogP contribution in [0.1, 0.15) is 29.8 Å². The molecule has 1 aliphatic heterocycles. The number of aromatic nitrogens is 2. The number of carbonyl (C=O) groups excluding carboxylic acids is 1. The highest BCUT2D eigenvalue weighted by molar-refractivity contribution is 5.79. The summed E-state index contributed by atoms with van der Waals surface area (Å²) in [6.45, 7) is 2.24. The van der Waals surface area contributed by atoms with Crippen LogP contribution in [-0.4, -0.2) is 52.3 Å². The zero-order valence-electron chi connectivity index (χ0n) is 13.7. The van der Waals surface area contributed by atoms with Crippen LogP contribution >= 0.6 is 0 Å². The molecule has 0 saturated carbocycles. The van der Waals surface area contributed by atoms with Gasteiger partial charge in [0, 0.05) is 17.8 Å². The number of nitrogens with one attached hydrogen (secondary N) is 1. The van der Waals surface area contributed by atoms with E-state index in [1.165, 1.54) is 6.92 Å². The number of carbonyl (C=O) groups is 1. The summed E-state index contributed by atoms with van der Waals surface area (Å²) in [7, 11) is 0. The monoisotopic (exact) mass is 349 g/mol. The Balaban J connectivity index is 1.90. The summed E-state index contributed by atoms with van der Waals surface area (Å²) in [5, 5.41) is 15.6. The van der Waals surface area contributed by atoms with Crippen LogP contribution in [0.2, 0.25) is 0 Å². The molecule has 1 saturated heterocycles. The maximum absolute atomic E-state index is 12.5. The summed E-state index contributed by atoms with van der Waals surface area (Å²) in [5.41, 5.74) is 1.28. The molecule has 0 radical (unpaired) electrons. The van der Waals surface area contributed by atoms with Gasteiger partial charge in [0.05, 0.1) is 30.9 Å². The van der Waals surface area contributed by atoms with Crippen molar-refractivity contribution in [2.75, 3.05) is 13.2 Å². The van der Waals surface area contributed by atoms with Gasteiger partial charge in [-0.15, -0.1) is 0 Å². The van der Waals surface area contributed by atoms with Gasteiger partial charge in [0.2, 0.25) is 5.91 Å². The summed E-state index contributed by atoms with van der Waals surface area (Å²) in [6, 6.07) is 0.